The second kappa shape index (κ2) is 9.09. The summed E-state index contributed by atoms with van der Waals surface area (Å²) in [6, 6.07) is 7.24. The smallest absolute Gasteiger partial charge is 0.257 e. The highest BCUT2D eigenvalue weighted by Crippen LogP contribution is 2.30. The molecule has 1 aromatic heterocycles. The van der Waals surface area contributed by atoms with Crippen LogP contribution in [0.2, 0.25) is 0 Å². The third-order valence-corrected chi connectivity index (χ3v) is 6.11. The molecule has 31 heavy (non-hydrogen) atoms. The SMILES string of the molecule is COc1cccc(C(=O)N2CCC(c3[nH]ncc3C(=O)N3C[C@@H](C)O[C@H](C)C3)CC2)c1. The number of carbonyl (C=O) groups excluding carboxylic acids is 2. The maximum absolute atomic E-state index is 13.2. The maximum atomic E-state index is 13.2. The van der Waals surface area contributed by atoms with Gasteiger partial charge in [-0.2, -0.15) is 5.10 Å². The Morgan fingerprint density at radius 2 is 1.81 bits per heavy atom. The number of morpholine rings is 1. The van der Waals surface area contributed by atoms with Crippen molar-refractivity contribution in [2.24, 2.45) is 0 Å². The molecule has 3 heterocycles. The summed E-state index contributed by atoms with van der Waals surface area (Å²) in [7, 11) is 1.59. The van der Waals surface area contributed by atoms with E-state index >= 15 is 0 Å². The maximum Gasteiger partial charge on any atom is 0.257 e. The Kier molecular flexibility index (Phi) is 6.27. The predicted molar refractivity (Wildman–Crippen MR) is 115 cm³/mol. The van der Waals surface area contributed by atoms with Crippen molar-refractivity contribution >= 4 is 11.8 Å². The third kappa shape index (κ3) is 4.58. The zero-order chi connectivity index (χ0) is 22.0. The number of benzene rings is 1. The van der Waals surface area contributed by atoms with Crippen LogP contribution < -0.4 is 4.74 Å². The van der Waals surface area contributed by atoms with Crippen LogP contribution in [0, 0.1) is 0 Å². The molecule has 0 unspecified atom stereocenters. The molecule has 1 N–H and O–H groups in total. The van der Waals surface area contributed by atoms with Crippen LogP contribution in [0.15, 0.2) is 30.5 Å². The third-order valence-electron chi connectivity index (χ3n) is 6.11. The second-order valence-electron chi connectivity index (χ2n) is 8.46. The van der Waals surface area contributed by atoms with E-state index in [0.29, 0.717) is 43.1 Å². The molecular formula is C23H30N4O4. The fourth-order valence-corrected chi connectivity index (χ4v) is 4.60. The average Bonchev–Trinajstić information content (AvgIpc) is 3.27. The van der Waals surface area contributed by atoms with Gasteiger partial charge in [-0.15, -0.1) is 0 Å². The van der Waals surface area contributed by atoms with Crippen molar-refractivity contribution < 1.29 is 19.1 Å². The predicted octanol–water partition coefficient (Wildman–Crippen LogP) is 2.69. The number of hydrogen-bond donors (Lipinski definition) is 1. The highest BCUT2D eigenvalue weighted by molar-refractivity contribution is 5.96. The Morgan fingerprint density at radius 3 is 2.48 bits per heavy atom. The van der Waals surface area contributed by atoms with Gasteiger partial charge in [0.1, 0.15) is 5.75 Å². The van der Waals surface area contributed by atoms with E-state index < -0.39 is 0 Å². The second-order valence-corrected chi connectivity index (χ2v) is 8.46. The number of methoxy groups -OCH3 is 1. The van der Waals surface area contributed by atoms with Crippen LogP contribution in [0.1, 0.15) is 59.0 Å². The molecular weight excluding hydrogens is 396 g/mol. The van der Waals surface area contributed by atoms with Gasteiger partial charge >= 0.3 is 0 Å². The number of carbonyl (C=O) groups is 2. The van der Waals surface area contributed by atoms with E-state index in [2.05, 4.69) is 10.2 Å². The van der Waals surface area contributed by atoms with Crippen LogP contribution >= 0.6 is 0 Å². The first-order chi connectivity index (χ1) is 15.0. The minimum absolute atomic E-state index is 0.000589. The van der Waals surface area contributed by atoms with Gasteiger partial charge in [0.25, 0.3) is 11.8 Å². The molecule has 4 rings (SSSR count). The lowest BCUT2D eigenvalue weighted by molar-refractivity contribution is -0.0586. The van der Waals surface area contributed by atoms with Crippen molar-refractivity contribution in [1.82, 2.24) is 20.0 Å². The Labute approximate surface area is 182 Å². The molecule has 0 aliphatic carbocycles. The molecule has 2 aromatic rings. The molecule has 2 saturated heterocycles. The van der Waals surface area contributed by atoms with Gasteiger partial charge in [-0.3, -0.25) is 14.7 Å². The first-order valence-electron chi connectivity index (χ1n) is 10.9. The van der Waals surface area contributed by atoms with Gasteiger partial charge in [-0.1, -0.05) is 6.07 Å². The molecule has 2 aliphatic heterocycles. The number of ether oxygens (including phenoxy) is 2. The van der Waals surface area contributed by atoms with Crippen LogP contribution in [-0.4, -0.2) is 77.3 Å². The van der Waals surface area contributed by atoms with Gasteiger partial charge in [0.05, 0.1) is 36.8 Å². The minimum atomic E-state index is 0.000589. The van der Waals surface area contributed by atoms with Crippen LogP contribution in [-0.2, 0) is 4.74 Å². The van der Waals surface area contributed by atoms with Crippen molar-refractivity contribution in [1.29, 1.82) is 0 Å². The quantitative estimate of drug-likeness (QED) is 0.812. The Bertz CT molecular complexity index is 925. The average molecular weight is 427 g/mol. The number of nitrogens with one attached hydrogen (secondary N) is 1. The van der Waals surface area contributed by atoms with E-state index in [1.807, 2.05) is 41.8 Å². The van der Waals surface area contributed by atoms with Crippen LogP contribution in [0.3, 0.4) is 0 Å². The fraction of sp³-hybridized carbons (Fsp3) is 0.522. The number of hydrogen-bond acceptors (Lipinski definition) is 5. The van der Waals surface area contributed by atoms with Crippen LogP contribution in [0.25, 0.3) is 0 Å². The summed E-state index contributed by atoms with van der Waals surface area (Å²) in [5, 5.41) is 7.23. The van der Waals surface area contributed by atoms with Crippen molar-refractivity contribution in [2.45, 2.75) is 44.8 Å². The summed E-state index contributed by atoms with van der Waals surface area (Å²) in [6.45, 7) is 6.42. The van der Waals surface area contributed by atoms with E-state index in [9.17, 15) is 9.59 Å². The van der Waals surface area contributed by atoms with Crippen molar-refractivity contribution in [2.75, 3.05) is 33.3 Å². The minimum Gasteiger partial charge on any atom is -0.497 e. The Morgan fingerprint density at radius 1 is 1.10 bits per heavy atom. The molecule has 8 nitrogen and oxygen atoms in total. The van der Waals surface area contributed by atoms with Crippen LogP contribution in [0.5, 0.6) is 5.75 Å². The zero-order valence-corrected chi connectivity index (χ0v) is 18.3. The largest absolute Gasteiger partial charge is 0.497 e. The molecule has 1 aromatic carbocycles. The topological polar surface area (TPSA) is 87.8 Å². The summed E-state index contributed by atoms with van der Waals surface area (Å²) in [5.74, 6) is 0.856. The first-order valence-corrected chi connectivity index (χ1v) is 10.9. The standard InChI is InChI=1S/C23H30N4O4/c1-15-13-27(14-16(2)31-15)23(29)20-12-24-25-21(20)17-7-9-26(10-8-17)22(28)18-5-4-6-19(11-18)30-3/h4-6,11-12,15-17H,7-10,13-14H2,1-3H3,(H,24,25)/t15-,16-/m1/s1. The molecule has 0 bridgehead atoms. The van der Waals surface area contributed by atoms with Gasteiger partial charge in [-0.25, -0.2) is 0 Å². The molecule has 0 saturated carbocycles. The summed E-state index contributed by atoms with van der Waals surface area (Å²) in [6.07, 6.45) is 3.25. The van der Waals surface area contributed by atoms with E-state index in [4.69, 9.17) is 9.47 Å². The van der Waals surface area contributed by atoms with Gasteiger partial charge in [0.2, 0.25) is 0 Å². The summed E-state index contributed by atoms with van der Waals surface area (Å²) in [5.41, 5.74) is 2.15. The lowest BCUT2D eigenvalue weighted by Gasteiger charge is -2.36. The lowest BCUT2D eigenvalue weighted by atomic mass is 9.90. The van der Waals surface area contributed by atoms with E-state index in [1.165, 1.54) is 0 Å². The highest BCUT2D eigenvalue weighted by atomic mass is 16.5. The summed E-state index contributed by atoms with van der Waals surface area (Å²) in [4.78, 5) is 29.8. The van der Waals surface area contributed by atoms with Gasteiger partial charge in [0, 0.05) is 37.7 Å². The molecule has 2 fully saturated rings. The monoisotopic (exact) mass is 426 g/mol. The number of H-pyrrole nitrogens is 1. The molecule has 0 spiro atoms. The van der Waals surface area contributed by atoms with Crippen molar-refractivity contribution in [3.8, 4) is 5.75 Å². The van der Waals surface area contributed by atoms with E-state index in [-0.39, 0.29) is 29.9 Å². The van der Waals surface area contributed by atoms with Crippen molar-refractivity contribution in [3.05, 3.63) is 47.3 Å². The lowest BCUT2D eigenvalue weighted by Crippen LogP contribution is -2.48. The van der Waals surface area contributed by atoms with Crippen molar-refractivity contribution in [3.63, 3.8) is 0 Å². The Hall–Kier alpha value is -2.87. The molecule has 2 atom stereocenters. The number of aromatic amines is 1. The highest BCUT2D eigenvalue weighted by Gasteiger charge is 2.32. The number of aromatic nitrogens is 2. The van der Waals surface area contributed by atoms with Crippen LogP contribution in [0.4, 0.5) is 0 Å². The number of piperidine rings is 1. The molecule has 166 valence electrons. The van der Waals surface area contributed by atoms with E-state index in [1.54, 1.807) is 19.4 Å². The fourth-order valence-electron chi connectivity index (χ4n) is 4.60. The Balaban J connectivity index is 1.41. The molecule has 8 heteroatoms. The number of rotatable bonds is 4. The number of likely N-dealkylation sites (tertiary alicyclic amines) is 1. The first kappa shape index (κ1) is 21.4. The number of amides is 2. The van der Waals surface area contributed by atoms with Gasteiger partial charge < -0.3 is 19.3 Å². The molecule has 2 amide bonds. The molecule has 0 radical (unpaired) electrons. The normalized spacial score (nSPS) is 22.4. The van der Waals surface area contributed by atoms with Gasteiger partial charge in [0.15, 0.2) is 0 Å². The molecule has 2 aliphatic rings. The summed E-state index contributed by atoms with van der Waals surface area (Å²) < 4.78 is 11.0. The zero-order valence-electron chi connectivity index (χ0n) is 18.3. The number of nitrogens with zero attached hydrogens (tertiary/aromatic N) is 3. The van der Waals surface area contributed by atoms with E-state index in [0.717, 1.165) is 18.5 Å². The van der Waals surface area contributed by atoms with Gasteiger partial charge in [-0.05, 0) is 44.9 Å². The summed E-state index contributed by atoms with van der Waals surface area (Å²) >= 11 is 0.